The number of ether oxygens (including phenoxy) is 1. The zero-order chi connectivity index (χ0) is 17.8. The number of nitrogens with zero attached hydrogens (tertiary/aromatic N) is 1. The van der Waals surface area contributed by atoms with E-state index in [1.807, 2.05) is 0 Å². The van der Waals surface area contributed by atoms with Crippen LogP contribution in [0.1, 0.15) is 43.7 Å². The van der Waals surface area contributed by atoms with Crippen LogP contribution in [0.5, 0.6) is 0 Å². The quantitative estimate of drug-likeness (QED) is 0.800. The molecule has 1 saturated heterocycles. The second-order valence-electron chi connectivity index (χ2n) is 6.30. The Balaban J connectivity index is 1.55. The van der Waals surface area contributed by atoms with Crippen LogP contribution < -0.4 is 5.32 Å². The van der Waals surface area contributed by atoms with E-state index in [4.69, 9.17) is 9.15 Å². The smallest absolute Gasteiger partial charge is 0.330 e. The van der Waals surface area contributed by atoms with Gasteiger partial charge in [-0.3, -0.25) is 9.59 Å². The van der Waals surface area contributed by atoms with E-state index < -0.39 is 12.0 Å². The van der Waals surface area contributed by atoms with Gasteiger partial charge in [0.15, 0.2) is 6.61 Å². The summed E-state index contributed by atoms with van der Waals surface area (Å²) < 4.78 is 10.5. The molecule has 8 heteroatoms. The highest BCUT2D eigenvalue weighted by molar-refractivity contribution is 7.99. The van der Waals surface area contributed by atoms with E-state index in [0.717, 1.165) is 25.7 Å². The third-order valence-electron chi connectivity index (χ3n) is 4.49. The minimum absolute atomic E-state index is 0.185. The zero-order valence-corrected chi connectivity index (χ0v) is 14.9. The summed E-state index contributed by atoms with van der Waals surface area (Å²) in [5.74, 6) is -0.0481. The number of carbonyl (C=O) groups is 3. The molecule has 3 rings (SSSR count). The molecule has 0 spiro atoms. The van der Waals surface area contributed by atoms with Gasteiger partial charge in [0.25, 0.3) is 5.91 Å². The zero-order valence-electron chi connectivity index (χ0n) is 14.1. The summed E-state index contributed by atoms with van der Waals surface area (Å²) >= 11 is 1.44. The summed E-state index contributed by atoms with van der Waals surface area (Å²) in [5.41, 5.74) is 0. The lowest BCUT2D eigenvalue weighted by molar-refractivity contribution is -0.156. The molecule has 1 aromatic heterocycles. The highest BCUT2D eigenvalue weighted by atomic mass is 32.2. The van der Waals surface area contributed by atoms with Gasteiger partial charge in [-0.15, -0.1) is 11.8 Å². The van der Waals surface area contributed by atoms with Crippen molar-refractivity contribution < 1.29 is 23.5 Å². The fraction of sp³-hybridized carbons (Fsp3) is 0.588. The molecule has 25 heavy (non-hydrogen) atoms. The highest BCUT2D eigenvalue weighted by Gasteiger charge is 2.43. The molecule has 0 unspecified atom stereocenters. The topological polar surface area (TPSA) is 88.8 Å². The largest absolute Gasteiger partial charge is 0.466 e. The van der Waals surface area contributed by atoms with E-state index in [-0.39, 0.29) is 29.8 Å². The van der Waals surface area contributed by atoms with E-state index in [1.54, 1.807) is 12.1 Å². The van der Waals surface area contributed by atoms with Gasteiger partial charge in [0.2, 0.25) is 5.91 Å². The number of furan rings is 1. The van der Waals surface area contributed by atoms with E-state index >= 15 is 0 Å². The van der Waals surface area contributed by atoms with Gasteiger partial charge in [-0.05, 0) is 25.0 Å². The molecule has 1 aliphatic heterocycles. The average molecular weight is 366 g/mol. The van der Waals surface area contributed by atoms with Crippen molar-refractivity contribution in [1.29, 1.82) is 0 Å². The molecule has 7 nitrogen and oxygen atoms in total. The Bertz CT molecular complexity index is 627. The second kappa shape index (κ2) is 7.95. The van der Waals surface area contributed by atoms with Crippen LogP contribution in [0.3, 0.4) is 0 Å². The van der Waals surface area contributed by atoms with Crippen molar-refractivity contribution in [2.75, 3.05) is 12.4 Å². The molecule has 0 bridgehead atoms. The molecule has 2 amide bonds. The summed E-state index contributed by atoms with van der Waals surface area (Å²) in [7, 11) is 0. The maximum atomic E-state index is 12.4. The van der Waals surface area contributed by atoms with Gasteiger partial charge in [0, 0.05) is 18.7 Å². The number of nitrogens with one attached hydrogen (secondary N) is 1. The van der Waals surface area contributed by atoms with Crippen molar-refractivity contribution in [1.82, 2.24) is 10.2 Å². The van der Waals surface area contributed by atoms with Crippen molar-refractivity contribution in [3.8, 4) is 0 Å². The van der Waals surface area contributed by atoms with Crippen LogP contribution in [0, 0.1) is 0 Å². The number of hydrogen-bond acceptors (Lipinski definition) is 6. The molecule has 136 valence electrons. The normalized spacial score (nSPS) is 23.6. The van der Waals surface area contributed by atoms with Crippen LogP contribution in [0.4, 0.5) is 0 Å². The van der Waals surface area contributed by atoms with E-state index in [1.165, 1.54) is 29.8 Å². The third-order valence-corrected chi connectivity index (χ3v) is 5.77. The van der Waals surface area contributed by atoms with Gasteiger partial charge in [-0.25, -0.2) is 4.79 Å². The first-order chi connectivity index (χ1) is 12.1. The Labute approximate surface area is 150 Å². The Kier molecular flexibility index (Phi) is 5.67. The lowest BCUT2D eigenvalue weighted by atomic mass is 10.2. The molecule has 1 aromatic rings. The van der Waals surface area contributed by atoms with Crippen LogP contribution in [0.15, 0.2) is 22.8 Å². The molecule has 1 saturated carbocycles. The minimum atomic E-state index is -0.711. The van der Waals surface area contributed by atoms with Crippen molar-refractivity contribution in [3.63, 3.8) is 0 Å². The lowest BCUT2D eigenvalue weighted by Crippen LogP contribution is -2.44. The molecular formula is C17H22N2O5S. The highest BCUT2D eigenvalue weighted by Crippen LogP contribution is 2.41. The molecule has 2 fully saturated rings. The number of amides is 2. The fourth-order valence-electron chi connectivity index (χ4n) is 3.30. The Morgan fingerprint density at radius 1 is 1.36 bits per heavy atom. The van der Waals surface area contributed by atoms with Crippen molar-refractivity contribution in [2.24, 2.45) is 0 Å². The minimum Gasteiger partial charge on any atom is -0.466 e. The standard InChI is InChI=1S/C17H22N2O5S/c1-11(20)19-13(10-25-16(19)14-7-4-8-23-14)17(22)24-9-15(21)18-12-5-2-3-6-12/h4,7-8,12-13,16H,2-3,5-6,9-10H2,1H3,(H,18,21)/t13-,16+/m0/s1. The Hall–Kier alpha value is -1.96. The fourth-order valence-corrected chi connectivity index (χ4v) is 4.71. The molecule has 2 atom stereocenters. The van der Waals surface area contributed by atoms with Crippen molar-refractivity contribution in [2.45, 2.75) is 50.1 Å². The SMILES string of the molecule is CC(=O)N1[C@@H](c2ccco2)SC[C@H]1C(=O)OCC(=O)NC1CCCC1. The lowest BCUT2D eigenvalue weighted by Gasteiger charge is -2.25. The van der Waals surface area contributed by atoms with Gasteiger partial charge in [0.1, 0.15) is 17.2 Å². The number of rotatable bonds is 5. The summed E-state index contributed by atoms with van der Waals surface area (Å²) in [6.45, 7) is 1.10. The van der Waals surface area contributed by atoms with Crippen LogP contribution in [-0.2, 0) is 19.1 Å². The van der Waals surface area contributed by atoms with E-state index in [2.05, 4.69) is 5.32 Å². The van der Waals surface area contributed by atoms with E-state index in [0.29, 0.717) is 11.5 Å². The Morgan fingerprint density at radius 2 is 2.12 bits per heavy atom. The third kappa shape index (κ3) is 4.18. The summed E-state index contributed by atoms with van der Waals surface area (Å²) in [6, 6.07) is 2.99. The summed E-state index contributed by atoms with van der Waals surface area (Å²) in [5, 5.41) is 2.52. The van der Waals surface area contributed by atoms with Crippen LogP contribution >= 0.6 is 11.8 Å². The number of esters is 1. The van der Waals surface area contributed by atoms with Crippen LogP contribution in [-0.4, -0.2) is 47.1 Å². The number of carbonyl (C=O) groups excluding carboxylic acids is 3. The van der Waals surface area contributed by atoms with Gasteiger partial charge < -0.3 is 19.4 Å². The Morgan fingerprint density at radius 3 is 2.76 bits per heavy atom. The molecular weight excluding hydrogens is 344 g/mol. The average Bonchev–Trinajstić information content (AvgIpc) is 3.31. The van der Waals surface area contributed by atoms with Crippen molar-refractivity contribution in [3.05, 3.63) is 24.2 Å². The monoisotopic (exact) mass is 366 g/mol. The number of thioether (sulfide) groups is 1. The molecule has 1 aliphatic carbocycles. The molecule has 1 N–H and O–H groups in total. The predicted molar refractivity (Wildman–Crippen MR) is 91.6 cm³/mol. The van der Waals surface area contributed by atoms with Crippen LogP contribution in [0.2, 0.25) is 0 Å². The second-order valence-corrected chi connectivity index (χ2v) is 7.41. The maximum Gasteiger partial charge on any atom is 0.330 e. The predicted octanol–water partition coefficient (Wildman–Crippen LogP) is 1.84. The first-order valence-corrected chi connectivity index (χ1v) is 9.51. The summed E-state index contributed by atoms with van der Waals surface area (Å²) in [6.07, 6.45) is 5.72. The van der Waals surface area contributed by atoms with Gasteiger partial charge in [-0.2, -0.15) is 0 Å². The summed E-state index contributed by atoms with van der Waals surface area (Å²) in [4.78, 5) is 37.8. The molecule has 0 radical (unpaired) electrons. The maximum absolute atomic E-state index is 12.4. The first-order valence-electron chi connectivity index (χ1n) is 8.46. The van der Waals surface area contributed by atoms with Crippen molar-refractivity contribution >= 4 is 29.5 Å². The first kappa shape index (κ1) is 17.8. The van der Waals surface area contributed by atoms with Crippen LogP contribution in [0.25, 0.3) is 0 Å². The molecule has 2 aliphatic rings. The molecule has 2 heterocycles. The van der Waals surface area contributed by atoms with Gasteiger partial charge >= 0.3 is 5.97 Å². The van der Waals surface area contributed by atoms with E-state index in [9.17, 15) is 14.4 Å². The van der Waals surface area contributed by atoms with Gasteiger partial charge in [-0.1, -0.05) is 12.8 Å². The van der Waals surface area contributed by atoms with Gasteiger partial charge in [0.05, 0.1) is 6.26 Å². The molecule has 0 aromatic carbocycles. The number of hydrogen-bond donors (Lipinski definition) is 1.